The Morgan fingerprint density at radius 2 is 1.89 bits per heavy atom. The lowest BCUT2D eigenvalue weighted by atomic mass is 10.1. The Morgan fingerprint density at radius 1 is 1.15 bits per heavy atom. The van der Waals surface area contributed by atoms with Crippen LogP contribution in [0.4, 0.5) is 0 Å². The van der Waals surface area contributed by atoms with Crippen molar-refractivity contribution in [2.45, 2.75) is 26.8 Å². The van der Waals surface area contributed by atoms with Crippen molar-refractivity contribution in [3.63, 3.8) is 0 Å². The van der Waals surface area contributed by atoms with Crippen molar-refractivity contribution < 1.29 is 24.2 Å². The van der Waals surface area contributed by atoms with E-state index in [1.54, 1.807) is 7.11 Å². The number of carboxylic acid groups (broad SMARTS) is 1. The first kappa shape index (κ1) is 20.2. The molecule has 0 saturated heterocycles. The predicted octanol–water partition coefficient (Wildman–Crippen LogP) is 3.31. The van der Waals surface area contributed by atoms with E-state index in [1.807, 2.05) is 25.1 Å². The highest BCUT2D eigenvalue weighted by molar-refractivity contribution is 5.95. The van der Waals surface area contributed by atoms with Gasteiger partial charge in [0.1, 0.15) is 5.69 Å². The third-order valence-electron chi connectivity index (χ3n) is 3.85. The molecule has 144 valence electrons. The minimum atomic E-state index is -1.14. The molecule has 1 unspecified atom stereocenters. The van der Waals surface area contributed by atoms with Gasteiger partial charge < -0.3 is 19.9 Å². The highest BCUT2D eigenvalue weighted by Gasteiger charge is 2.15. The molecule has 2 N–H and O–H groups in total. The molecule has 7 heteroatoms. The van der Waals surface area contributed by atoms with Gasteiger partial charge in [0, 0.05) is 6.20 Å². The largest absolute Gasteiger partial charge is 0.493 e. The minimum Gasteiger partial charge on any atom is -0.493 e. The van der Waals surface area contributed by atoms with Gasteiger partial charge in [-0.2, -0.15) is 0 Å². The lowest BCUT2D eigenvalue weighted by molar-refractivity contribution is 0.0689. The first-order valence-electron chi connectivity index (χ1n) is 8.62. The fourth-order valence-corrected chi connectivity index (χ4v) is 2.35. The van der Waals surface area contributed by atoms with Gasteiger partial charge in [0.25, 0.3) is 5.91 Å². The van der Waals surface area contributed by atoms with E-state index in [-0.39, 0.29) is 23.2 Å². The van der Waals surface area contributed by atoms with Crippen LogP contribution in [-0.2, 0) is 0 Å². The molecule has 0 aliphatic heterocycles. The summed E-state index contributed by atoms with van der Waals surface area (Å²) >= 11 is 0. The van der Waals surface area contributed by atoms with Gasteiger partial charge in [-0.15, -0.1) is 0 Å². The summed E-state index contributed by atoms with van der Waals surface area (Å²) in [4.78, 5) is 26.9. The number of hydrogen-bond acceptors (Lipinski definition) is 5. The SMILES string of the molecule is COc1cc(C(C)NC(=O)c2ccc(C(=O)O)nc2)ccc1OCC(C)C. The first-order valence-corrected chi connectivity index (χ1v) is 8.62. The minimum absolute atomic E-state index is 0.110. The van der Waals surface area contributed by atoms with Crippen LogP contribution in [0.1, 0.15) is 53.2 Å². The molecule has 1 aromatic carbocycles. The van der Waals surface area contributed by atoms with E-state index < -0.39 is 5.97 Å². The molecule has 2 rings (SSSR count). The van der Waals surface area contributed by atoms with Gasteiger partial charge in [0.05, 0.1) is 25.3 Å². The molecule has 7 nitrogen and oxygen atoms in total. The van der Waals surface area contributed by atoms with Gasteiger partial charge in [-0.25, -0.2) is 9.78 Å². The standard InChI is InChI=1S/C20H24N2O5/c1-12(2)11-27-17-8-6-14(9-18(17)26-4)13(3)22-19(23)15-5-7-16(20(24)25)21-10-15/h5-10,12-13H,11H2,1-4H3,(H,22,23)(H,24,25). The average Bonchev–Trinajstić information content (AvgIpc) is 2.66. The van der Waals surface area contributed by atoms with E-state index in [0.717, 1.165) is 5.56 Å². The van der Waals surface area contributed by atoms with Gasteiger partial charge in [-0.05, 0) is 42.7 Å². The average molecular weight is 372 g/mol. The zero-order valence-electron chi connectivity index (χ0n) is 15.9. The number of aromatic nitrogens is 1. The molecule has 0 spiro atoms. The molecule has 1 amide bonds. The monoisotopic (exact) mass is 372 g/mol. The predicted molar refractivity (Wildman–Crippen MR) is 100 cm³/mol. The Labute approximate surface area is 158 Å². The number of pyridine rings is 1. The fourth-order valence-electron chi connectivity index (χ4n) is 2.35. The maximum Gasteiger partial charge on any atom is 0.354 e. The number of carbonyl (C=O) groups excluding carboxylic acids is 1. The molecule has 0 radical (unpaired) electrons. The lowest BCUT2D eigenvalue weighted by Gasteiger charge is -2.18. The van der Waals surface area contributed by atoms with Crippen LogP contribution < -0.4 is 14.8 Å². The molecule has 0 saturated carbocycles. The molecular formula is C20H24N2O5. The second kappa shape index (κ2) is 9.02. The van der Waals surface area contributed by atoms with Crippen LogP contribution in [0, 0.1) is 5.92 Å². The van der Waals surface area contributed by atoms with Crippen LogP contribution in [0.2, 0.25) is 0 Å². The van der Waals surface area contributed by atoms with Gasteiger partial charge in [0.15, 0.2) is 11.5 Å². The van der Waals surface area contributed by atoms with E-state index in [2.05, 4.69) is 24.1 Å². The molecule has 27 heavy (non-hydrogen) atoms. The third-order valence-corrected chi connectivity index (χ3v) is 3.85. The summed E-state index contributed by atoms with van der Waals surface area (Å²) in [6.45, 7) is 6.56. The summed E-state index contributed by atoms with van der Waals surface area (Å²) in [5.74, 6) is 0.172. The van der Waals surface area contributed by atoms with E-state index in [0.29, 0.717) is 24.0 Å². The summed E-state index contributed by atoms with van der Waals surface area (Å²) in [5.41, 5.74) is 1.03. The summed E-state index contributed by atoms with van der Waals surface area (Å²) in [6.07, 6.45) is 1.24. The zero-order valence-corrected chi connectivity index (χ0v) is 15.9. The van der Waals surface area contributed by atoms with Gasteiger partial charge in [-0.1, -0.05) is 19.9 Å². The quantitative estimate of drug-likeness (QED) is 0.738. The van der Waals surface area contributed by atoms with Crippen LogP contribution in [-0.4, -0.2) is 35.7 Å². The molecule has 0 fully saturated rings. The van der Waals surface area contributed by atoms with Gasteiger partial charge >= 0.3 is 5.97 Å². The number of methoxy groups -OCH3 is 1. The van der Waals surface area contributed by atoms with E-state index in [1.165, 1.54) is 18.3 Å². The highest BCUT2D eigenvalue weighted by Crippen LogP contribution is 2.30. The molecule has 1 aromatic heterocycles. The Morgan fingerprint density at radius 3 is 2.44 bits per heavy atom. The number of carbonyl (C=O) groups is 2. The highest BCUT2D eigenvalue weighted by atomic mass is 16.5. The molecule has 1 atom stereocenters. The number of carboxylic acids is 1. The second-order valence-corrected chi connectivity index (χ2v) is 6.55. The maximum absolute atomic E-state index is 12.4. The van der Waals surface area contributed by atoms with Crippen LogP contribution in [0.15, 0.2) is 36.5 Å². The van der Waals surface area contributed by atoms with Gasteiger partial charge in [0.2, 0.25) is 0 Å². The first-order chi connectivity index (χ1) is 12.8. The summed E-state index contributed by atoms with van der Waals surface area (Å²) in [7, 11) is 1.57. The Kier molecular flexibility index (Phi) is 6.76. The zero-order chi connectivity index (χ0) is 20.0. The van der Waals surface area contributed by atoms with Crippen molar-refractivity contribution >= 4 is 11.9 Å². The lowest BCUT2D eigenvalue weighted by Crippen LogP contribution is -2.26. The number of hydrogen-bond donors (Lipinski definition) is 2. The van der Waals surface area contributed by atoms with Crippen molar-refractivity contribution in [1.29, 1.82) is 0 Å². The summed E-state index contributed by atoms with van der Waals surface area (Å²) in [6, 6.07) is 7.96. The van der Waals surface area contributed by atoms with Crippen molar-refractivity contribution in [2.24, 2.45) is 5.92 Å². The van der Waals surface area contributed by atoms with Crippen LogP contribution in [0.5, 0.6) is 11.5 Å². The fraction of sp³-hybridized carbons (Fsp3) is 0.350. The Hall–Kier alpha value is -3.09. The maximum atomic E-state index is 12.4. The number of nitrogens with one attached hydrogen (secondary N) is 1. The van der Waals surface area contributed by atoms with Crippen molar-refractivity contribution in [3.05, 3.63) is 53.3 Å². The number of amides is 1. The number of rotatable bonds is 8. The van der Waals surface area contributed by atoms with Crippen LogP contribution in [0.3, 0.4) is 0 Å². The van der Waals surface area contributed by atoms with E-state index in [9.17, 15) is 9.59 Å². The topological polar surface area (TPSA) is 97.8 Å². The van der Waals surface area contributed by atoms with Crippen molar-refractivity contribution in [2.75, 3.05) is 13.7 Å². The number of benzene rings is 1. The number of nitrogens with zero attached hydrogens (tertiary/aromatic N) is 1. The molecule has 2 aromatic rings. The number of aromatic carboxylic acids is 1. The van der Waals surface area contributed by atoms with Crippen molar-refractivity contribution in [3.8, 4) is 11.5 Å². The molecular weight excluding hydrogens is 348 g/mol. The second-order valence-electron chi connectivity index (χ2n) is 6.55. The van der Waals surface area contributed by atoms with E-state index >= 15 is 0 Å². The number of ether oxygens (including phenoxy) is 2. The van der Waals surface area contributed by atoms with Crippen LogP contribution in [0.25, 0.3) is 0 Å². The van der Waals surface area contributed by atoms with Crippen molar-refractivity contribution in [1.82, 2.24) is 10.3 Å². The third kappa shape index (κ3) is 5.44. The summed E-state index contributed by atoms with van der Waals surface area (Å²) in [5, 5.41) is 11.7. The van der Waals surface area contributed by atoms with E-state index in [4.69, 9.17) is 14.6 Å². The normalized spacial score (nSPS) is 11.7. The molecule has 1 heterocycles. The Balaban J connectivity index is 2.09. The Bertz CT molecular complexity index is 803. The molecule has 0 aliphatic carbocycles. The smallest absolute Gasteiger partial charge is 0.354 e. The molecule has 0 bridgehead atoms. The molecule has 0 aliphatic rings. The summed E-state index contributed by atoms with van der Waals surface area (Å²) < 4.78 is 11.1. The van der Waals surface area contributed by atoms with Gasteiger partial charge in [-0.3, -0.25) is 4.79 Å². The van der Waals surface area contributed by atoms with Crippen LogP contribution >= 0.6 is 0 Å².